The quantitative estimate of drug-likeness (QED) is 0.228. The van der Waals surface area contributed by atoms with Crippen LogP contribution in [-0.4, -0.2) is 35.3 Å². The van der Waals surface area contributed by atoms with Crippen molar-refractivity contribution in [2.45, 2.75) is 32.9 Å². The van der Waals surface area contributed by atoms with Crippen LogP contribution >= 0.6 is 11.6 Å². The van der Waals surface area contributed by atoms with Crippen molar-refractivity contribution in [3.8, 4) is 28.5 Å². The van der Waals surface area contributed by atoms with Gasteiger partial charge < -0.3 is 33.2 Å². The minimum absolute atomic E-state index is 0.128. The van der Waals surface area contributed by atoms with Crippen LogP contribution in [-0.2, 0) is 11.3 Å². The minimum atomic E-state index is -4.87. The molecule has 208 valence electrons. The van der Waals surface area contributed by atoms with Crippen molar-refractivity contribution in [3.63, 3.8) is 0 Å². The lowest BCUT2D eigenvalue weighted by Gasteiger charge is -2.17. The van der Waals surface area contributed by atoms with E-state index in [1.807, 2.05) is 6.92 Å². The molecule has 1 atom stereocenters. The molecule has 0 saturated carbocycles. The van der Waals surface area contributed by atoms with Crippen LogP contribution in [0.4, 0.5) is 13.2 Å². The Bertz CT molecular complexity index is 1740. The summed E-state index contributed by atoms with van der Waals surface area (Å²) in [5.41, 5.74) is 3.42. The van der Waals surface area contributed by atoms with Gasteiger partial charge in [0.15, 0.2) is 5.58 Å². The van der Waals surface area contributed by atoms with E-state index in [9.17, 15) is 23.1 Å². The number of carboxylic acid groups (broad SMARTS) is 1. The minimum Gasteiger partial charge on any atom is -0.546 e. The monoisotopic (exact) mass is 573 g/mol. The molecule has 40 heavy (non-hydrogen) atoms. The predicted octanol–water partition coefficient (Wildman–Crippen LogP) is 5.88. The zero-order valence-electron chi connectivity index (χ0n) is 21.3. The molecule has 0 bridgehead atoms. The van der Waals surface area contributed by atoms with Crippen molar-refractivity contribution in [2.75, 3.05) is 7.11 Å². The molecule has 0 amide bonds. The Kier molecular flexibility index (Phi) is 7.01. The largest absolute Gasteiger partial charge is 0.573 e. The number of halogens is 4. The molecule has 0 N–H and O–H groups in total. The number of ether oxygens (including phenoxy) is 3. The van der Waals surface area contributed by atoms with Crippen LogP contribution in [0.1, 0.15) is 18.2 Å². The molecular formula is C28H21ClF3N2O6-. The lowest BCUT2D eigenvalue weighted by atomic mass is 10.0. The van der Waals surface area contributed by atoms with Crippen molar-refractivity contribution >= 4 is 39.4 Å². The fourth-order valence-electron chi connectivity index (χ4n) is 4.54. The molecule has 0 aliphatic heterocycles. The van der Waals surface area contributed by atoms with Gasteiger partial charge in [-0.15, -0.1) is 13.2 Å². The number of aliphatic carboxylic acids is 1. The fourth-order valence-corrected chi connectivity index (χ4v) is 4.70. The number of nitrogens with zero attached hydrogens (tertiary/aromatic N) is 2. The third-order valence-corrected chi connectivity index (χ3v) is 6.73. The molecule has 12 heteroatoms. The molecule has 0 saturated heterocycles. The van der Waals surface area contributed by atoms with E-state index in [0.717, 1.165) is 0 Å². The lowest BCUT2D eigenvalue weighted by Crippen LogP contribution is -2.37. The number of hydrogen-bond acceptors (Lipinski definition) is 7. The van der Waals surface area contributed by atoms with Crippen LogP contribution in [0.25, 0.3) is 33.1 Å². The lowest BCUT2D eigenvalue weighted by molar-refractivity contribution is -0.312. The van der Waals surface area contributed by atoms with E-state index in [4.69, 9.17) is 25.6 Å². The highest BCUT2D eigenvalue weighted by molar-refractivity contribution is 6.32. The topological polar surface area (TPSA) is 98.8 Å². The highest BCUT2D eigenvalue weighted by atomic mass is 35.5. The molecule has 0 unspecified atom stereocenters. The number of carbonyl (C=O) groups is 1. The van der Waals surface area contributed by atoms with Gasteiger partial charge in [-0.05, 0) is 55.8 Å². The number of hydrogen-bond donors (Lipinski definition) is 0. The first-order valence-corrected chi connectivity index (χ1v) is 12.3. The van der Waals surface area contributed by atoms with Gasteiger partial charge in [0.05, 0.1) is 29.0 Å². The van der Waals surface area contributed by atoms with Crippen LogP contribution in [0.5, 0.6) is 17.2 Å². The second-order valence-corrected chi connectivity index (χ2v) is 9.42. The Morgan fingerprint density at radius 2 is 1.82 bits per heavy atom. The second-order valence-electron chi connectivity index (χ2n) is 9.01. The van der Waals surface area contributed by atoms with Gasteiger partial charge in [-0.2, -0.15) is 0 Å². The first-order chi connectivity index (χ1) is 18.9. The van der Waals surface area contributed by atoms with Gasteiger partial charge in [-0.25, -0.2) is 0 Å². The number of methoxy groups -OCH3 is 1. The summed E-state index contributed by atoms with van der Waals surface area (Å²) in [7, 11) is 1.53. The third-order valence-electron chi connectivity index (χ3n) is 6.42. The highest BCUT2D eigenvalue weighted by Crippen LogP contribution is 2.41. The van der Waals surface area contributed by atoms with Crippen molar-refractivity contribution in [1.29, 1.82) is 0 Å². The standard InChI is InChI=1S/C28H22ClF3N2O6/c1-14-25(26-20-8-5-17(37-3)12-23(20)40-33-26)19-7-6-18(39-28(30,31)32)11-22(19)34(14)13-16-4-9-21(29)24(10-16)38-15(2)27(35)36/h4-12,15H,13H2,1-3H3,(H,35,36)/p-1/t15-/m0/s1. The average molecular weight is 574 g/mol. The Balaban J connectivity index is 1.66. The van der Waals surface area contributed by atoms with E-state index >= 15 is 0 Å². The normalized spacial score (nSPS) is 12.6. The van der Waals surface area contributed by atoms with E-state index in [1.165, 1.54) is 32.2 Å². The first-order valence-electron chi connectivity index (χ1n) is 11.9. The van der Waals surface area contributed by atoms with Crippen LogP contribution in [0.3, 0.4) is 0 Å². The Labute approximate surface area is 230 Å². The van der Waals surface area contributed by atoms with Gasteiger partial charge >= 0.3 is 6.36 Å². The van der Waals surface area contributed by atoms with Gasteiger partial charge in [0.1, 0.15) is 29.0 Å². The maximum atomic E-state index is 13.0. The maximum Gasteiger partial charge on any atom is 0.573 e. The zero-order chi connectivity index (χ0) is 28.8. The summed E-state index contributed by atoms with van der Waals surface area (Å²) >= 11 is 6.21. The summed E-state index contributed by atoms with van der Waals surface area (Å²) in [6.45, 7) is 3.30. The summed E-state index contributed by atoms with van der Waals surface area (Å²) in [5, 5.41) is 16.9. The molecule has 2 heterocycles. The number of carbonyl (C=O) groups excluding carboxylic acids is 1. The number of benzene rings is 3. The molecule has 0 aliphatic carbocycles. The third kappa shape index (κ3) is 5.24. The van der Waals surface area contributed by atoms with Crippen molar-refractivity contribution in [3.05, 3.63) is 70.9 Å². The SMILES string of the molecule is COc1ccc2c(-c3c(C)n(Cc4ccc(Cl)c(O[C@@H](C)C(=O)[O-])c4)c4cc(OC(F)(F)F)ccc34)noc2c1. The van der Waals surface area contributed by atoms with E-state index in [1.54, 1.807) is 41.0 Å². The van der Waals surface area contributed by atoms with Gasteiger partial charge in [0.2, 0.25) is 0 Å². The van der Waals surface area contributed by atoms with E-state index in [-0.39, 0.29) is 23.1 Å². The fraction of sp³-hybridized carbons (Fsp3) is 0.214. The molecule has 3 aromatic carbocycles. The number of carboxylic acids is 1. The van der Waals surface area contributed by atoms with E-state index < -0.39 is 18.4 Å². The van der Waals surface area contributed by atoms with Crippen molar-refractivity contribution < 1.29 is 41.8 Å². The molecule has 5 aromatic rings. The smallest absolute Gasteiger partial charge is 0.546 e. The van der Waals surface area contributed by atoms with Crippen LogP contribution < -0.4 is 19.3 Å². The van der Waals surface area contributed by atoms with Crippen LogP contribution in [0.15, 0.2) is 59.1 Å². The highest BCUT2D eigenvalue weighted by Gasteiger charge is 2.31. The summed E-state index contributed by atoms with van der Waals surface area (Å²) in [4.78, 5) is 11.2. The molecule has 8 nitrogen and oxygen atoms in total. The van der Waals surface area contributed by atoms with Crippen LogP contribution in [0, 0.1) is 6.92 Å². The predicted molar refractivity (Wildman–Crippen MR) is 139 cm³/mol. The van der Waals surface area contributed by atoms with E-state index in [2.05, 4.69) is 9.89 Å². The number of fused-ring (bicyclic) bond motifs is 2. The maximum absolute atomic E-state index is 13.0. The molecule has 0 spiro atoms. The van der Waals surface area contributed by atoms with Gasteiger partial charge in [0.25, 0.3) is 0 Å². The van der Waals surface area contributed by atoms with Gasteiger partial charge in [0, 0.05) is 35.3 Å². The average Bonchev–Trinajstić information content (AvgIpc) is 3.42. The Hall–Kier alpha value is -4.38. The van der Waals surface area contributed by atoms with E-state index in [0.29, 0.717) is 50.1 Å². The summed E-state index contributed by atoms with van der Waals surface area (Å²) in [6, 6.07) is 14.2. The number of alkyl halides is 3. The molecule has 2 aromatic heterocycles. The summed E-state index contributed by atoms with van der Waals surface area (Å²) in [5.74, 6) is -1.09. The van der Waals surface area contributed by atoms with Crippen LogP contribution in [0.2, 0.25) is 5.02 Å². The van der Waals surface area contributed by atoms with Crippen molar-refractivity contribution in [2.24, 2.45) is 0 Å². The summed E-state index contributed by atoms with van der Waals surface area (Å²) < 4.78 is 61.4. The Morgan fingerprint density at radius 1 is 1.10 bits per heavy atom. The molecule has 0 fully saturated rings. The molecule has 0 radical (unpaired) electrons. The van der Waals surface area contributed by atoms with Gasteiger partial charge in [-0.3, -0.25) is 0 Å². The summed E-state index contributed by atoms with van der Waals surface area (Å²) in [6.07, 6.45) is -6.13. The molecular weight excluding hydrogens is 553 g/mol. The molecule has 0 aliphatic rings. The number of aromatic nitrogens is 2. The van der Waals surface area contributed by atoms with Crippen molar-refractivity contribution in [1.82, 2.24) is 9.72 Å². The van der Waals surface area contributed by atoms with Gasteiger partial charge in [-0.1, -0.05) is 22.8 Å². The number of rotatable bonds is 8. The molecule has 5 rings (SSSR count). The second kappa shape index (κ2) is 10.3. The Morgan fingerprint density at radius 3 is 2.52 bits per heavy atom. The zero-order valence-corrected chi connectivity index (χ0v) is 22.1. The first kappa shape index (κ1) is 27.2.